The van der Waals surface area contributed by atoms with E-state index in [1.165, 1.54) is 11.1 Å². The highest BCUT2D eigenvalue weighted by atomic mass is 16.5. The number of ether oxygens (including phenoxy) is 2. The Balaban J connectivity index is 2.76. The molecule has 0 heterocycles. The van der Waals surface area contributed by atoms with Crippen LogP contribution >= 0.6 is 0 Å². The Morgan fingerprint density at radius 2 is 1.90 bits per heavy atom. The highest BCUT2D eigenvalue weighted by Crippen LogP contribution is 2.32. The lowest BCUT2D eigenvalue weighted by atomic mass is 9.85. The first-order valence-electron chi connectivity index (χ1n) is 7.30. The van der Waals surface area contributed by atoms with Crippen LogP contribution in [0.25, 0.3) is 0 Å². The van der Waals surface area contributed by atoms with Crippen LogP contribution in [0.5, 0.6) is 5.75 Å². The number of rotatable bonds is 6. The summed E-state index contributed by atoms with van der Waals surface area (Å²) in [7, 11) is 0. The van der Waals surface area contributed by atoms with Crippen molar-refractivity contribution in [2.75, 3.05) is 13.2 Å². The summed E-state index contributed by atoms with van der Waals surface area (Å²) < 4.78 is 10.7. The monoisotopic (exact) mass is 278 g/mol. The maximum atomic E-state index is 11.3. The minimum atomic E-state index is -0.213. The highest BCUT2D eigenvalue weighted by molar-refractivity contribution is 5.69. The average molecular weight is 278 g/mol. The summed E-state index contributed by atoms with van der Waals surface area (Å²) in [5.74, 6) is 0.647. The van der Waals surface area contributed by atoms with Gasteiger partial charge in [-0.05, 0) is 36.0 Å². The molecular formula is C17H26O3. The van der Waals surface area contributed by atoms with Crippen molar-refractivity contribution in [1.82, 2.24) is 0 Å². The lowest BCUT2D eigenvalue weighted by Gasteiger charge is -2.23. The summed E-state index contributed by atoms with van der Waals surface area (Å²) in [5.41, 5.74) is 2.50. The van der Waals surface area contributed by atoms with E-state index in [9.17, 15) is 4.79 Å². The molecule has 0 bridgehead atoms. The lowest BCUT2D eigenvalue weighted by Crippen LogP contribution is -2.15. The second-order valence-corrected chi connectivity index (χ2v) is 5.84. The Morgan fingerprint density at radius 3 is 2.45 bits per heavy atom. The molecule has 0 aliphatic rings. The third-order valence-electron chi connectivity index (χ3n) is 3.13. The van der Waals surface area contributed by atoms with Gasteiger partial charge in [-0.1, -0.05) is 39.8 Å². The van der Waals surface area contributed by atoms with Crippen molar-refractivity contribution in [3.05, 3.63) is 29.3 Å². The van der Waals surface area contributed by atoms with Gasteiger partial charge in [-0.3, -0.25) is 4.79 Å². The molecule has 0 saturated carbocycles. The zero-order valence-corrected chi connectivity index (χ0v) is 13.3. The number of benzene rings is 1. The SMILES string of the molecule is CCOC(=O)CCOc1ccc(CC)cc1C(C)(C)C. The van der Waals surface area contributed by atoms with Crippen LogP contribution < -0.4 is 4.74 Å². The van der Waals surface area contributed by atoms with Crippen LogP contribution in [0.15, 0.2) is 18.2 Å². The molecule has 20 heavy (non-hydrogen) atoms. The maximum Gasteiger partial charge on any atom is 0.309 e. The first-order chi connectivity index (χ1) is 9.38. The van der Waals surface area contributed by atoms with Gasteiger partial charge in [-0.25, -0.2) is 0 Å². The summed E-state index contributed by atoms with van der Waals surface area (Å²) >= 11 is 0. The smallest absolute Gasteiger partial charge is 0.309 e. The predicted molar refractivity (Wildman–Crippen MR) is 81.3 cm³/mol. The van der Waals surface area contributed by atoms with Crippen LogP contribution in [0.1, 0.15) is 52.2 Å². The Bertz CT molecular complexity index is 444. The second kappa shape index (κ2) is 7.32. The molecule has 0 unspecified atom stereocenters. The molecule has 0 N–H and O–H groups in total. The first-order valence-corrected chi connectivity index (χ1v) is 7.30. The predicted octanol–water partition coefficient (Wildman–Crippen LogP) is 3.88. The minimum absolute atomic E-state index is 0.0183. The zero-order valence-electron chi connectivity index (χ0n) is 13.3. The normalized spacial score (nSPS) is 11.2. The van der Waals surface area contributed by atoms with Crippen LogP contribution in [-0.4, -0.2) is 19.2 Å². The molecule has 0 fully saturated rings. The molecule has 3 heteroatoms. The molecule has 1 rings (SSSR count). The van der Waals surface area contributed by atoms with Crippen LogP contribution in [-0.2, 0) is 21.4 Å². The van der Waals surface area contributed by atoms with Gasteiger partial charge in [-0.2, -0.15) is 0 Å². The molecule has 3 nitrogen and oxygen atoms in total. The summed E-state index contributed by atoms with van der Waals surface area (Å²) in [5, 5.41) is 0. The van der Waals surface area contributed by atoms with Crippen molar-refractivity contribution in [3.63, 3.8) is 0 Å². The van der Waals surface area contributed by atoms with Gasteiger partial charge < -0.3 is 9.47 Å². The second-order valence-electron chi connectivity index (χ2n) is 5.84. The van der Waals surface area contributed by atoms with Crippen LogP contribution in [0.4, 0.5) is 0 Å². The van der Waals surface area contributed by atoms with Crippen molar-refractivity contribution in [2.45, 2.75) is 52.9 Å². The standard InChI is InChI=1S/C17H26O3/c1-6-13-8-9-15(14(12-13)17(3,4)5)20-11-10-16(18)19-7-2/h8-9,12H,6-7,10-11H2,1-5H3. The van der Waals surface area contributed by atoms with E-state index >= 15 is 0 Å². The van der Waals surface area contributed by atoms with E-state index in [0.717, 1.165) is 12.2 Å². The minimum Gasteiger partial charge on any atom is -0.493 e. The molecule has 0 radical (unpaired) electrons. The number of carbonyl (C=O) groups is 1. The molecule has 0 atom stereocenters. The fourth-order valence-electron chi connectivity index (χ4n) is 1.99. The van der Waals surface area contributed by atoms with Gasteiger partial charge >= 0.3 is 5.97 Å². The van der Waals surface area contributed by atoms with Crippen molar-refractivity contribution < 1.29 is 14.3 Å². The molecule has 0 aliphatic carbocycles. The van der Waals surface area contributed by atoms with Gasteiger partial charge in [-0.15, -0.1) is 0 Å². The Hall–Kier alpha value is -1.51. The van der Waals surface area contributed by atoms with Crippen LogP contribution in [0.3, 0.4) is 0 Å². The Labute approximate surface area is 122 Å². The first kappa shape index (κ1) is 16.5. The fourth-order valence-corrected chi connectivity index (χ4v) is 1.99. The topological polar surface area (TPSA) is 35.5 Å². The summed E-state index contributed by atoms with van der Waals surface area (Å²) in [6, 6.07) is 6.28. The van der Waals surface area contributed by atoms with Crippen molar-refractivity contribution in [2.24, 2.45) is 0 Å². The van der Waals surface area contributed by atoms with E-state index in [1.54, 1.807) is 6.92 Å². The van der Waals surface area contributed by atoms with Gasteiger partial charge in [0.1, 0.15) is 5.75 Å². The summed E-state index contributed by atoms with van der Waals surface area (Å²) in [6.07, 6.45) is 1.29. The third kappa shape index (κ3) is 4.87. The molecular weight excluding hydrogens is 252 g/mol. The molecule has 1 aromatic carbocycles. The van der Waals surface area contributed by atoms with Gasteiger partial charge in [0, 0.05) is 0 Å². The van der Waals surface area contributed by atoms with Crippen LogP contribution in [0, 0.1) is 0 Å². The molecule has 1 aromatic rings. The fraction of sp³-hybridized carbons (Fsp3) is 0.588. The molecule has 112 valence electrons. The van der Waals surface area contributed by atoms with E-state index in [0.29, 0.717) is 13.2 Å². The Morgan fingerprint density at radius 1 is 1.20 bits per heavy atom. The molecule has 0 spiro atoms. The molecule has 0 saturated heterocycles. The van der Waals surface area contributed by atoms with E-state index in [4.69, 9.17) is 9.47 Å². The van der Waals surface area contributed by atoms with Crippen molar-refractivity contribution >= 4 is 5.97 Å². The zero-order chi connectivity index (χ0) is 15.2. The summed E-state index contributed by atoms with van der Waals surface area (Å²) in [6.45, 7) is 11.2. The third-order valence-corrected chi connectivity index (χ3v) is 3.13. The molecule has 0 aliphatic heterocycles. The number of hydrogen-bond donors (Lipinski definition) is 0. The maximum absolute atomic E-state index is 11.3. The van der Waals surface area contributed by atoms with E-state index in [1.807, 2.05) is 6.07 Å². The Kier molecular flexibility index (Phi) is 6.05. The van der Waals surface area contributed by atoms with E-state index in [2.05, 4.69) is 39.8 Å². The lowest BCUT2D eigenvalue weighted by molar-refractivity contribution is -0.143. The molecule has 0 amide bonds. The van der Waals surface area contributed by atoms with E-state index in [-0.39, 0.29) is 17.8 Å². The quantitative estimate of drug-likeness (QED) is 0.741. The van der Waals surface area contributed by atoms with Gasteiger partial charge in [0.15, 0.2) is 0 Å². The highest BCUT2D eigenvalue weighted by Gasteiger charge is 2.19. The van der Waals surface area contributed by atoms with E-state index < -0.39 is 0 Å². The molecule has 0 aromatic heterocycles. The van der Waals surface area contributed by atoms with Gasteiger partial charge in [0.05, 0.1) is 19.6 Å². The van der Waals surface area contributed by atoms with Crippen LogP contribution in [0.2, 0.25) is 0 Å². The largest absolute Gasteiger partial charge is 0.493 e. The van der Waals surface area contributed by atoms with Crippen molar-refractivity contribution in [1.29, 1.82) is 0 Å². The van der Waals surface area contributed by atoms with Gasteiger partial charge in [0.2, 0.25) is 0 Å². The van der Waals surface area contributed by atoms with Crippen molar-refractivity contribution in [3.8, 4) is 5.75 Å². The summed E-state index contributed by atoms with van der Waals surface area (Å²) in [4.78, 5) is 11.3. The number of aryl methyl sites for hydroxylation is 1. The number of esters is 1. The number of carbonyl (C=O) groups excluding carboxylic acids is 1. The number of hydrogen-bond acceptors (Lipinski definition) is 3. The van der Waals surface area contributed by atoms with Gasteiger partial charge in [0.25, 0.3) is 0 Å². The average Bonchev–Trinajstić information content (AvgIpc) is 2.38.